The minimum atomic E-state index is -0.226. The van der Waals surface area contributed by atoms with E-state index in [1.165, 1.54) is 16.7 Å². The van der Waals surface area contributed by atoms with Gasteiger partial charge in [0.25, 0.3) is 5.91 Å². The Kier molecular flexibility index (Phi) is 6.59. The molecule has 1 aromatic heterocycles. The number of nitrogens with one attached hydrogen (secondary N) is 1. The molecule has 1 heterocycles. The molecular formula is C20H22N4O2S. The number of aromatic nitrogens is 1. The number of hydrogen-bond acceptors (Lipinski definition) is 5. The molecule has 2 aromatic rings. The summed E-state index contributed by atoms with van der Waals surface area (Å²) in [5.74, 6) is -0.236. The minimum absolute atomic E-state index is 0.121. The molecule has 140 valence electrons. The standard InChI is InChI=1S/C20H22N4O2S/c1-12-13(2)17(10-21)19(22-14(12)3)27-11-18(25)23-16-8-6-7-15(9-16)20(26)24(4)5/h6-9H,11H2,1-5H3,(H,23,25). The molecule has 1 aromatic carbocycles. The van der Waals surface area contributed by atoms with Crippen molar-refractivity contribution in [2.24, 2.45) is 0 Å². The summed E-state index contributed by atoms with van der Waals surface area (Å²) in [5, 5.41) is 12.7. The Bertz CT molecular complexity index is 932. The van der Waals surface area contributed by atoms with Crippen LogP contribution in [0.2, 0.25) is 0 Å². The molecule has 6 nitrogen and oxygen atoms in total. The van der Waals surface area contributed by atoms with Crippen LogP contribution in [0.25, 0.3) is 0 Å². The maximum atomic E-state index is 12.3. The summed E-state index contributed by atoms with van der Waals surface area (Å²) in [7, 11) is 3.35. The van der Waals surface area contributed by atoms with Gasteiger partial charge in [-0.3, -0.25) is 9.59 Å². The first-order valence-corrected chi connectivity index (χ1v) is 9.35. The Morgan fingerprint density at radius 2 is 1.93 bits per heavy atom. The highest BCUT2D eigenvalue weighted by molar-refractivity contribution is 8.00. The summed E-state index contributed by atoms with van der Waals surface area (Å²) in [6.45, 7) is 5.71. The van der Waals surface area contributed by atoms with Gasteiger partial charge in [-0.15, -0.1) is 0 Å². The van der Waals surface area contributed by atoms with Crippen molar-refractivity contribution in [2.45, 2.75) is 25.8 Å². The van der Waals surface area contributed by atoms with E-state index in [2.05, 4.69) is 16.4 Å². The van der Waals surface area contributed by atoms with Crippen molar-refractivity contribution in [1.29, 1.82) is 5.26 Å². The lowest BCUT2D eigenvalue weighted by Crippen LogP contribution is -2.22. The van der Waals surface area contributed by atoms with Gasteiger partial charge in [-0.05, 0) is 50.1 Å². The summed E-state index contributed by atoms with van der Waals surface area (Å²) < 4.78 is 0. The zero-order chi connectivity index (χ0) is 20.1. The van der Waals surface area contributed by atoms with Crippen molar-refractivity contribution in [3.8, 4) is 6.07 Å². The van der Waals surface area contributed by atoms with Crippen molar-refractivity contribution in [3.63, 3.8) is 0 Å². The molecule has 0 atom stereocenters. The smallest absolute Gasteiger partial charge is 0.253 e. The molecule has 0 spiro atoms. The first-order valence-electron chi connectivity index (χ1n) is 8.36. The number of thioether (sulfide) groups is 1. The van der Waals surface area contributed by atoms with E-state index in [1.54, 1.807) is 38.4 Å². The van der Waals surface area contributed by atoms with Crippen LogP contribution in [0.5, 0.6) is 0 Å². The molecule has 0 aliphatic carbocycles. The number of aryl methyl sites for hydroxylation is 1. The molecule has 0 saturated carbocycles. The van der Waals surface area contributed by atoms with Gasteiger partial charge in [0.1, 0.15) is 11.1 Å². The van der Waals surface area contributed by atoms with Crippen LogP contribution in [0, 0.1) is 32.1 Å². The first-order chi connectivity index (χ1) is 12.7. The van der Waals surface area contributed by atoms with Crippen LogP contribution < -0.4 is 5.32 Å². The second kappa shape index (κ2) is 8.69. The summed E-state index contributed by atoms with van der Waals surface area (Å²) >= 11 is 1.23. The quantitative estimate of drug-likeness (QED) is 0.802. The van der Waals surface area contributed by atoms with Gasteiger partial charge in [0, 0.05) is 31.0 Å². The van der Waals surface area contributed by atoms with Crippen LogP contribution in [-0.2, 0) is 4.79 Å². The second-order valence-electron chi connectivity index (χ2n) is 6.36. The summed E-state index contributed by atoms with van der Waals surface area (Å²) in [4.78, 5) is 30.3. The predicted molar refractivity (Wildman–Crippen MR) is 107 cm³/mol. The Hall–Kier alpha value is -2.85. The molecule has 0 bridgehead atoms. The van der Waals surface area contributed by atoms with Gasteiger partial charge in [0.2, 0.25) is 5.91 Å². The van der Waals surface area contributed by atoms with Gasteiger partial charge < -0.3 is 10.2 Å². The Labute approximate surface area is 163 Å². The molecule has 2 rings (SSSR count). The minimum Gasteiger partial charge on any atom is -0.345 e. The summed E-state index contributed by atoms with van der Waals surface area (Å²) in [6.07, 6.45) is 0. The third-order valence-electron chi connectivity index (χ3n) is 4.21. The largest absolute Gasteiger partial charge is 0.345 e. The van der Waals surface area contributed by atoms with Gasteiger partial charge in [-0.25, -0.2) is 4.98 Å². The number of carbonyl (C=O) groups is 2. The predicted octanol–water partition coefficient (Wildman–Crippen LogP) is 3.31. The van der Waals surface area contributed by atoms with E-state index in [-0.39, 0.29) is 17.6 Å². The monoisotopic (exact) mass is 382 g/mol. The third kappa shape index (κ3) is 4.86. The molecular weight excluding hydrogens is 360 g/mol. The summed E-state index contributed by atoms with van der Waals surface area (Å²) in [6, 6.07) is 8.98. The molecule has 1 N–H and O–H groups in total. The average Bonchev–Trinajstić information content (AvgIpc) is 2.64. The van der Waals surface area contributed by atoms with Crippen LogP contribution in [0.15, 0.2) is 29.3 Å². The molecule has 0 aliphatic rings. The van der Waals surface area contributed by atoms with Crippen LogP contribution in [0.1, 0.15) is 32.7 Å². The lowest BCUT2D eigenvalue weighted by Gasteiger charge is -2.12. The fraction of sp³-hybridized carbons (Fsp3) is 0.300. The number of carbonyl (C=O) groups excluding carboxylic acids is 2. The number of pyridine rings is 1. The Morgan fingerprint density at radius 3 is 2.56 bits per heavy atom. The molecule has 0 unspecified atom stereocenters. The van der Waals surface area contributed by atoms with Crippen molar-refractivity contribution >= 4 is 29.3 Å². The van der Waals surface area contributed by atoms with Gasteiger partial charge in [0.15, 0.2) is 0 Å². The lowest BCUT2D eigenvalue weighted by atomic mass is 10.1. The van der Waals surface area contributed by atoms with Crippen LogP contribution in [0.4, 0.5) is 5.69 Å². The molecule has 2 amide bonds. The van der Waals surface area contributed by atoms with Gasteiger partial charge in [-0.2, -0.15) is 5.26 Å². The van der Waals surface area contributed by atoms with E-state index in [0.717, 1.165) is 16.8 Å². The van der Waals surface area contributed by atoms with Crippen molar-refractivity contribution < 1.29 is 9.59 Å². The van der Waals surface area contributed by atoms with Crippen molar-refractivity contribution in [3.05, 3.63) is 52.2 Å². The number of nitriles is 1. The van der Waals surface area contributed by atoms with E-state index in [1.807, 2.05) is 20.8 Å². The number of rotatable bonds is 5. The van der Waals surface area contributed by atoms with E-state index in [9.17, 15) is 14.9 Å². The molecule has 0 radical (unpaired) electrons. The van der Waals surface area contributed by atoms with E-state index in [4.69, 9.17) is 0 Å². The summed E-state index contributed by atoms with van der Waals surface area (Å²) in [5.41, 5.74) is 4.30. The number of nitrogens with zero attached hydrogens (tertiary/aromatic N) is 3. The van der Waals surface area contributed by atoms with Crippen molar-refractivity contribution in [2.75, 3.05) is 25.2 Å². The molecule has 27 heavy (non-hydrogen) atoms. The number of hydrogen-bond donors (Lipinski definition) is 1. The zero-order valence-corrected chi connectivity index (χ0v) is 16.9. The average molecular weight is 382 g/mol. The molecule has 0 fully saturated rings. The normalized spacial score (nSPS) is 10.2. The lowest BCUT2D eigenvalue weighted by molar-refractivity contribution is -0.113. The van der Waals surface area contributed by atoms with E-state index in [0.29, 0.717) is 21.8 Å². The highest BCUT2D eigenvalue weighted by atomic mass is 32.2. The third-order valence-corrected chi connectivity index (χ3v) is 5.19. The van der Waals surface area contributed by atoms with Crippen molar-refractivity contribution in [1.82, 2.24) is 9.88 Å². The fourth-order valence-electron chi connectivity index (χ4n) is 2.47. The van der Waals surface area contributed by atoms with Gasteiger partial charge >= 0.3 is 0 Å². The maximum absolute atomic E-state index is 12.3. The highest BCUT2D eigenvalue weighted by Crippen LogP contribution is 2.26. The van der Waals surface area contributed by atoms with Crippen LogP contribution in [-0.4, -0.2) is 41.5 Å². The number of anilines is 1. The van der Waals surface area contributed by atoms with E-state index >= 15 is 0 Å². The molecule has 7 heteroatoms. The fourth-order valence-corrected chi connectivity index (χ4v) is 3.35. The van der Waals surface area contributed by atoms with Gasteiger partial charge in [-0.1, -0.05) is 17.8 Å². The zero-order valence-electron chi connectivity index (χ0n) is 16.1. The van der Waals surface area contributed by atoms with Gasteiger partial charge in [0.05, 0.1) is 11.3 Å². The highest BCUT2D eigenvalue weighted by Gasteiger charge is 2.15. The number of benzene rings is 1. The Morgan fingerprint density at radius 1 is 1.22 bits per heavy atom. The number of amides is 2. The Balaban J connectivity index is 2.09. The van der Waals surface area contributed by atoms with E-state index < -0.39 is 0 Å². The molecule has 0 saturated heterocycles. The maximum Gasteiger partial charge on any atom is 0.253 e. The second-order valence-corrected chi connectivity index (χ2v) is 7.32. The SMILES string of the molecule is Cc1nc(SCC(=O)Nc2cccc(C(=O)N(C)C)c2)c(C#N)c(C)c1C. The molecule has 0 aliphatic heterocycles. The first kappa shape index (κ1) is 20.5. The van der Waals surface area contributed by atoms with Crippen LogP contribution in [0.3, 0.4) is 0 Å². The topological polar surface area (TPSA) is 86.1 Å². The van der Waals surface area contributed by atoms with Crippen LogP contribution >= 0.6 is 11.8 Å².